The molecule has 0 radical (unpaired) electrons. The molecule has 0 aromatic heterocycles. The molecule has 142 valence electrons. The molecule has 1 saturated heterocycles. The predicted octanol–water partition coefficient (Wildman–Crippen LogP) is 2.48. The lowest BCUT2D eigenvalue weighted by Crippen LogP contribution is -2.58. The van der Waals surface area contributed by atoms with E-state index < -0.39 is 15.8 Å². The van der Waals surface area contributed by atoms with E-state index in [0.717, 1.165) is 38.5 Å². The van der Waals surface area contributed by atoms with Crippen LogP contribution in [0.4, 0.5) is 4.39 Å². The Bertz CT molecular complexity index is 717. The van der Waals surface area contributed by atoms with Crippen molar-refractivity contribution < 1.29 is 12.8 Å². The molecule has 0 bridgehead atoms. The first kappa shape index (κ1) is 20.6. The number of benzene rings is 1. The predicted molar refractivity (Wildman–Crippen MR) is 99.1 cm³/mol. The van der Waals surface area contributed by atoms with Crippen LogP contribution in [0, 0.1) is 12.7 Å². The van der Waals surface area contributed by atoms with Crippen LogP contribution in [0.5, 0.6) is 0 Å². The summed E-state index contributed by atoms with van der Waals surface area (Å²) in [7, 11) is 0.145. The van der Waals surface area contributed by atoms with Gasteiger partial charge in [-0.1, -0.05) is 18.5 Å². The Morgan fingerprint density at radius 1 is 1.32 bits per heavy atom. The van der Waals surface area contributed by atoms with Gasteiger partial charge in [-0.05, 0) is 71.2 Å². The fourth-order valence-corrected chi connectivity index (χ4v) is 4.93. The summed E-state index contributed by atoms with van der Waals surface area (Å²) in [5.74, 6) is -0.513. The van der Waals surface area contributed by atoms with Crippen molar-refractivity contribution in [2.45, 2.75) is 37.1 Å². The summed E-state index contributed by atoms with van der Waals surface area (Å²) in [6.45, 7) is 6.82. The van der Waals surface area contributed by atoms with E-state index >= 15 is 0 Å². The molecule has 1 fully saturated rings. The van der Waals surface area contributed by atoms with Crippen LogP contribution in [0.3, 0.4) is 0 Å². The third-order valence-electron chi connectivity index (χ3n) is 5.28. The summed E-state index contributed by atoms with van der Waals surface area (Å²) in [6.07, 6.45) is 1.76. The van der Waals surface area contributed by atoms with E-state index in [-0.39, 0.29) is 21.0 Å². The Morgan fingerprint density at radius 2 is 1.92 bits per heavy atom. The van der Waals surface area contributed by atoms with Gasteiger partial charge in [0.25, 0.3) is 0 Å². The summed E-state index contributed by atoms with van der Waals surface area (Å²) < 4.78 is 41.6. The van der Waals surface area contributed by atoms with E-state index in [0.29, 0.717) is 6.54 Å². The molecule has 8 heteroatoms. The minimum Gasteiger partial charge on any atom is -0.303 e. The molecule has 5 nitrogen and oxygen atoms in total. The minimum atomic E-state index is -3.81. The van der Waals surface area contributed by atoms with Crippen LogP contribution < -0.4 is 4.72 Å². The summed E-state index contributed by atoms with van der Waals surface area (Å²) in [4.78, 5) is 4.38. The summed E-state index contributed by atoms with van der Waals surface area (Å²) >= 11 is 5.97. The van der Waals surface area contributed by atoms with E-state index in [1.807, 2.05) is 14.1 Å². The number of halogens is 2. The van der Waals surface area contributed by atoms with Gasteiger partial charge in [0.1, 0.15) is 10.7 Å². The average molecular weight is 392 g/mol. The number of likely N-dealkylation sites (N-methyl/N-ethyl adjacent to an activating group) is 1. The van der Waals surface area contributed by atoms with Gasteiger partial charge >= 0.3 is 0 Å². The Kier molecular flexibility index (Phi) is 6.49. The van der Waals surface area contributed by atoms with Gasteiger partial charge in [0, 0.05) is 12.1 Å². The van der Waals surface area contributed by atoms with Crippen LogP contribution in [0.25, 0.3) is 0 Å². The molecule has 0 saturated carbocycles. The molecular formula is C17H27ClFN3O2S. The number of nitrogens with zero attached hydrogens (tertiary/aromatic N) is 2. The van der Waals surface area contributed by atoms with Crippen molar-refractivity contribution in [2.24, 2.45) is 0 Å². The SMILES string of the molecule is CCN1CCC(CNS(=O)(=O)c2cc(C)c(F)cc2Cl)(N(C)C)CC1. The number of hydrogen-bond donors (Lipinski definition) is 1. The second kappa shape index (κ2) is 7.88. The number of hydrogen-bond acceptors (Lipinski definition) is 4. The first-order valence-corrected chi connectivity index (χ1v) is 10.3. The molecule has 25 heavy (non-hydrogen) atoms. The summed E-state index contributed by atoms with van der Waals surface area (Å²) in [6, 6.07) is 2.33. The van der Waals surface area contributed by atoms with Crippen LogP contribution in [-0.2, 0) is 10.0 Å². The van der Waals surface area contributed by atoms with Crippen molar-refractivity contribution >= 4 is 21.6 Å². The van der Waals surface area contributed by atoms with Crippen LogP contribution in [0.15, 0.2) is 17.0 Å². The number of sulfonamides is 1. The van der Waals surface area contributed by atoms with Gasteiger partial charge in [-0.25, -0.2) is 17.5 Å². The smallest absolute Gasteiger partial charge is 0.242 e. The first-order valence-electron chi connectivity index (χ1n) is 8.46. The molecule has 1 aliphatic heterocycles. The largest absolute Gasteiger partial charge is 0.303 e. The standard InChI is InChI=1S/C17H27ClFN3O2S/c1-5-22-8-6-17(7-9-22,21(3)4)12-20-25(23,24)16-10-13(2)15(19)11-14(16)18/h10-11,20H,5-9,12H2,1-4H3. The third kappa shape index (κ3) is 4.52. The van der Waals surface area contributed by atoms with E-state index in [4.69, 9.17) is 11.6 Å². The van der Waals surface area contributed by atoms with Crippen molar-refractivity contribution in [3.8, 4) is 0 Å². The molecule has 1 aliphatic rings. The van der Waals surface area contributed by atoms with Gasteiger partial charge in [0.05, 0.1) is 5.02 Å². The lowest BCUT2D eigenvalue weighted by atomic mass is 9.86. The highest BCUT2D eigenvalue weighted by Crippen LogP contribution is 2.29. The first-order chi connectivity index (χ1) is 11.6. The fraction of sp³-hybridized carbons (Fsp3) is 0.647. The maximum absolute atomic E-state index is 13.6. The average Bonchev–Trinajstić information content (AvgIpc) is 2.56. The third-order valence-corrected chi connectivity index (χ3v) is 7.14. The number of rotatable bonds is 6. The minimum absolute atomic E-state index is 0.0760. The molecule has 2 rings (SSSR count). The highest BCUT2D eigenvalue weighted by Gasteiger charge is 2.37. The van der Waals surface area contributed by atoms with Gasteiger partial charge in [0.15, 0.2) is 0 Å². The zero-order valence-electron chi connectivity index (χ0n) is 15.3. The summed E-state index contributed by atoms with van der Waals surface area (Å²) in [5.41, 5.74) is 0.0173. The topological polar surface area (TPSA) is 52.7 Å². The molecule has 0 atom stereocenters. The zero-order chi connectivity index (χ0) is 18.8. The second-order valence-corrected chi connectivity index (χ2v) is 9.05. The monoisotopic (exact) mass is 391 g/mol. The Labute approximate surface area is 155 Å². The molecule has 1 N–H and O–H groups in total. The van der Waals surface area contributed by atoms with Gasteiger partial charge < -0.3 is 9.80 Å². The van der Waals surface area contributed by atoms with Crippen LogP contribution >= 0.6 is 11.6 Å². The molecule has 1 aromatic carbocycles. The van der Waals surface area contributed by atoms with Crippen molar-refractivity contribution in [3.05, 3.63) is 28.5 Å². The van der Waals surface area contributed by atoms with Crippen molar-refractivity contribution in [1.82, 2.24) is 14.5 Å². The Morgan fingerprint density at radius 3 is 2.44 bits per heavy atom. The van der Waals surface area contributed by atoms with E-state index in [1.165, 1.54) is 13.0 Å². The lowest BCUT2D eigenvalue weighted by molar-refractivity contribution is 0.0624. The number of piperidine rings is 1. The molecule has 0 unspecified atom stereocenters. The van der Waals surface area contributed by atoms with Crippen molar-refractivity contribution in [1.29, 1.82) is 0 Å². The normalized spacial score (nSPS) is 18.7. The van der Waals surface area contributed by atoms with Crippen molar-refractivity contribution in [2.75, 3.05) is 40.3 Å². The molecule has 0 spiro atoms. The van der Waals surface area contributed by atoms with Gasteiger partial charge in [-0.3, -0.25) is 0 Å². The molecule has 0 aliphatic carbocycles. The molecule has 1 heterocycles. The fourth-order valence-electron chi connectivity index (χ4n) is 3.21. The lowest BCUT2D eigenvalue weighted by Gasteiger charge is -2.46. The van der Waals surface area contributed by atoms with E-state index in [9.17, 15) is 12.8 Å². The van der Waals surface area contributed by atoms with E-state index in [2.05, 4.69) is 21.4 Å². The highest BCUT2D eigenvalue weighted by molar-refractivity contribution is 7.89. The molecule has 0 amide bonds. The van der Waals surface area contributed by atoms with Crippen LogP contribution in [0.2, 0.25) is 5.02 Å². The molecular weight excluding hydrogens is 365 g/mol. The van der Waals surface area contributed by atoms with Crippen LogP contribution in [-0.4, -0.2) is 64.0 Å². The highest BCUT2D eigenvalue weighted by atomic mass is 35.5. The maximum atomic E-state index is 13.6. The Balaban J connectivity index is 2.19. The van der Waals surface area contributed by atoms with Crippen LogP contribution in [0.1, 0.15) is 25.3 Å². The van der Waals surface area contributed by atoms with Gasteiger partial charge in [-0.2, -0.15) is 0 Å². The quantitative estimate of drug-likeness (QED) is 0.809. The van der Waals surface area contributed by atoms with E-state index in [1.54, 1.807) is 0 Å². The Hall–Kier alpha value is -0.730. The number of nitrogens with one attached hydrogen (secondary N) is 1. The molecule has 1 aromatic rings. The van der Waals surface area contributed by atoms with Gasteiger partial charge in [-0.15, -0.1) is 0 Å². The second-order valence-electron chi connectivity index (χ2n) is 6.91. The number of aryl methyl sites for hydroxylation is 1. The summed E-state index contributed by atoms with van der Waals surface area (Å²) in [5, 5.41) is -0.102. The zero-order valence-corrected chi connectivity index (χ0v) is 16.8. The number of likely N-dealkylation sites (tertiary alicyclic amines) is 1. The van der Waals surface area contributed by atoms with Gasteiger partial charge in [0.2, 0.25) is 10.0 Å². The maximum Gasteiger partial charge on any atom is 0.242 e. The van der Waals surface area contributed by atoms with Crippen molar-refractivity contribution in [3.63, 3.8) is 0 Å².